The molecule has 0 aliphatic carbocycles. The van der Waals surface area contributed by atoms with Gasteiger partial charge >= 0.3 is 14.6 Å². The molecule has 0 saturated heterocycles. The molecule has 0 unspecified atom stereocenters. The van der Waals surface area contributed by atoms with E-state index in [2.05, 4.69) is 6.92 Å². The minimum Gasteiger partial charge on any atom is -0.481 e. The van der Waals surface area contributed by atoms with Crippen LogP contribution in [-0.4, -0.2) is 11.1 Å². The number of hydrogen-bond acceptors (Lipinski definition) is 4. The summed E-state index contributed by atoms with van der Waals surface area (Å²) >= 11 is 0. The Morgan fingerprint density at radius 2 is 0.923 bits per heavy atom. The summed E-state index contributed by atoms with van der Waals surface area (Å²) in [6.45, 7) is 8.24. The Morgan fingerprint density at radius 1 is 0.590 bits per heavy atom. The molecule has 212 valence electrons. The normalized spacial score (nSPS) is 10.5. The lowest BCUT2D eigenvalue weighted by atomic mass is 10.1. The van der Waals surface area contributed by atoms with E-state index >= 15 is 0 Å². The summed E-state index contributed by atoms with van der Waals surface area (Å²) < 4.78 is 18.3. The van der Waals surface area contributed by atoms with Crippen LogP contribution in [0, 0.1) is 20.8 Å². The van der Waals surface area contributed by atoms with Crippen molar-refractivity contribution in [1.82, 2.24) is 0 Å². The predicted octanol–water partition coefficient (Wildman–Crippen LogP) is 10.4. The van der Waals surface area contributed by atoms with Crippen LogP contribution in [0.25, 0.3) is 0 Å². The Hall–Kier alpha value is -3.04. The van der Waals surface area contributed by atoms with E-state index in [1.54, 1.807) is 0 Å². The van der Waals surface area contributed by atoms with E-state index in [4.69, 9.17) is 18.7 Å². The average Bonchev–Trinajstić information content (AvgIpc) is 2.92. The first kappa shape index (κ1) is 32.2. The number of hydrogen-bond donors (Lipinski definition) is 1. The fourth-order valence-corrected chi connectivity index (χ4v) is 5.07. The highest BCUT2D eigenvalue weighted by Gasteiger charge is 2.22. The molecule has 1 N–H and O–H groups in total. The van der Waals surface area contributed by atoms with Crippen LogP contribution in [0.3, 0.4) is 0 Å². The van der Waals surface area contributed by atoms with Gasteiger partial charge in [-0.25, -0.2) is 0 Å². The van der Waals surface area contributed by atoms with Crippen LogP contribution in [0.15, 0.2) is 72.8 Å². The molecule has 0 bridgehead atoms. The summed E-state index contributed by atoms with van der Waals surface area (Å²) in [5, 5.41) is 8.41. The number of carbonyl (C=O) groups is 1. The SMILES string of the molecule is CCCCCCCCCCCC(=O)O.Cc1ccccc1OP(Oc1ccccc1C)Oc1ccccc1C. The van der Waals surface area contributed by atoms with Crippen LogP contribution < -0.4 is 13.6 Å². The third-order valence-electron chi connectivity index (χ3n) is 6.29. The molecule has 0 atom stereocenters. The molecule has 0 saturated carbocycles. The Kier molecular flexibility index (Phi) is 15.7. The van der Waals surface area contributed by atoms with E-state index in [1.165, 1.54) is 44.9 Å². The summed E-state index contributed by atoms with van der Waals surface area (Å²) in [6.07, 6.45) is 11.5. The first-order valence-electron chi connectivity index (χ1n) is 14.1. The van der Waals surface area contributed by atoms with Gasteiger partial charge in [0.15, 0.2) is 0 Å². The van der Waals surface area contributed by atoms with Gasteiger partial charge in [0.25, 0.3) is 0 Å². The Morgan fingerprint density at radius 3 is 1.26 bits per heavy atom. The lowest BCUT2D eigenvalue weighted by Gasteiger charge is -2.20. The number of carboxylic acids is 1. The monoisotopic (exact) mass is 552 g/mol. The minimum atomic E-state index is -1.64. The first-order valence-corrected chi connectivity index (χ1v) is 15.2. The number of unbranched alkanes of at least 4 members (excludes halogenated alkanes) is 8. The van der Waals surface area contributed by atoms with Crippen molar-refractivity contribution in [2.45, 2.75) is 91.9 Å². The van der Waals surface area contributed by atoms with Crippen molar-refractivity contribution in [2.75, 3.05) is 0 Å². The lowest BCUT2D eigenvalue weighted by Crippen LogP contribution is -2.04. The molecule has 5 nitrogen and oxygen atoms in total. The molecular formula is C33H45O5P. The molecular weight excluding hydrogens is 507 g/mol. The van der Waals surface area contributed by atoms with Crippen LogP contribution in [0.5, 0.6) is 17.2 Å². The van der Waals surface area contributed by atoms with E-state index in [0.29, 0.717) is 6.42 Å². The van der Waals surface area contributed by atoms with Gasteiger partial charge in [-0.15, -0.1) is 0 Å². The lowest BCUT2D eigenvalue weighted by molar-refractivity contribution is -0.137. The maximum absolute atomic E-state index is 10.2. The second kappa shape index (κ2) is 19.1. The Bertz CT molecular complexity index is 988. The summed E-state index contributed by atoms with van der Waals surface area (Å²) in [5.74, 6) is 1.62. The van der Waals surface area contributed by atoms with E-state index in [1.807, 2.05) is 93.6 Å². The van der Waals surface area contributed by atoms with Gasteiger partial charge in [0, 0.05) is 6.42 Å². The summed E-state index contributed by atoms with van der Waals surface area (Å²) in [4.78, 5) is 10.2. The number of benzene rings is 3. The number of aliphatic carboxylic acids is 1. The largest absolute Gasteiger partial charge is 0.530 e. The van der Waals surface area contributed by atoms with Crippen molar-refractivity contribution in [1.29, 1.82) is 0 Å². The molecule has 3 aromatic rings. The zero-order chi connectivity index (χ0) is 28.3. The van der Waals surface area contributed by atoms with Gasteiger partial charge in [0.05, 0.1) is 0 Å². The molecule has 3 aromatic carbocycles. The molecule has 0 spiro atoms. The van der Waals surface area contributed by atoms with Gasteiger partial charge in [0.2, 0.25) is 0 Å². The molecule has 0 amide bonds. The maximum Gasteiger partial charge on any atom is 0.530 e. The first-order chi connectivity index (χ1) is 18.9. The molecule has 39 heavy (non-hydrogen) atoms. The molecule has 0 aliphatic rings. The van der Waals surface area contributed by atoms with Crippen LogP contribution in [-0.2, 0) is 4.79 Å². The van der Waals surface area contributed by atoms with Gasteiger partial charge < -0.3 is 18.7 Å². The molecule has 0 heterocycles. The third kappa shape index (κ3) is 13.5. The van der Waals surface area contributed by atoms with Crippen LogP contribution >= 0.6 is 8.60 Å². The summed E-state index contributed by atoms with van der Waals surface area (Å²) in [7, 11) is -1.64. The highest BCUT2D eigenvalue weighted by atomic mass is 31.2. The number of carboxylic acid groups (broad SMARTS) is 1. The van der Waals surface area contributed by atoms with E-state index in [-0.39, 0.29) is 0 Å². The standard InChI is InChI=1S/C21H21O3P.C12H24O2/c1-16-10-4-7-13-19(16)22-25(23-20-14-8-5-11-17(20)2)24-21-15-9-6-12-18(21)3;1-2-3-4-5-6-7-8-9-10-11-12(13)14/h4-15H,1-3H3;2-11H2,1H3,(H,13,14). The molecule has 0 radical (unpaired) electrons. The van der Waals surface area contributed by atoms with Gasteiger partial charge in [-0.1, -0.05) is 113 Å². The Labute approximate surface area is 236 Å². The van der Waals surface area contributed by atoms with E-state index in [9.17, 15) is 4.79 Å². The van der Waals surface area contributed by atoms with E-state index < -0.39 is 14.6 Å². The van der Waals surface area contributed by atoms with Crippen molar-refractivity contribution in [3.63, 3.8) is 0 Å². The number of rotatable bonds is 16. The topological polar surface area (TPSA) is 65.0 Å². The fraction of sp³-hybridized carbons (Fsp3) is 0.424. The number of para-hydroxylation sites is 3. The zero-order valence-electron chi connectivity index (χ0n) is 24.0. The fourth-order valence-electron chi connectivity index (χ4n) is 3.86. The zero-order valence-corrected chi connectivity index (χ0v) is 24.9. The third-order valence-corrected chi connectivity index (χ3v) is 7.33. The quantitative estimate of drug-likeness (QED) is 0.141. The van der Waals surface area contributed by atoms with Crippen molar-refractivity contribution in [2.24, 2.45) is 0 Å². The predicted molar refractivity (Wildman–Crippen MR) is 162 cm³/mol. The highest BCUT2D eigenvalue weighted by Crippen LogP contribution is 2.44. The van der Waals surface area contributed by atoms with Crippen molar-refractivity contribution >= 4 is 14.6 Å². The average molecular weight is 553 g/mol. The molecule has 0 fully saturated rings. The molecule has 6 heteroatoms. The summed E-state index contributed by atoms with van der Waals surface area (Å²) in [6, 6.07) is 23.6. The van der Waals surface area contributed by atoms with Gasteiger partial charge in [0.1, 0.15) is 17.2 Å². The van der Waals surface area contributed by atoms with Gasteiger partial charge in [-0.2, -0.15) is 0 Å². The van der Waals surface area contributed by atoms with Gasteiger partial charge in [-0.3, -0.25) is 4.79 Å². The minimum absolute atomic E-state index is 0.343. The number of aryl methyl sites for hydroxylation is 3. The van der Waals surface area contributed by atoms with Crippen molar-refractivity contribution in [3.05, 3.63) is 89.5 Å². The molecule has 3 rings (SSSR count). The van der Waals surface area contributed by atoms with E-state index in [0.717, 1.165) is 46.8 Å². The summed E-state index contributed by atoms with van der Waals surface area (Å²) in [5.41, 5.74) is 3.12. The van der Waals surface area contributed by atoms with Crippen LogP contribution in [0.4, 0.5) is 0 Å². The molecule has 0 aromatic heterocycles. The smallest absolute Gasteiger partial charge is 0.481 e. The highest BCUT2D eigenvalue weighted by molar-refractivity contribution is 7.43. The van der Waals surface area contributed by atoms with Crippen molar-refractivity contribution < 1.29 is 23.5 Å². The second-order valence-electron chi connectivity index (χ2n) is 9.77. The van der Waals surface area contributed by atoms with Crippen LogP contribution in [0.2, 0.25) is 0 Å². The van der Waals surface area contributed by atoms with Gasteiger partial charge in [-0.05, 0) is 62.1 Å². The maximum atomic E-state index is 10.2. The Balaban J connectivity index is 0.000000326. The molecule has 0 aliphatic heterocycles. The van der Waals surface area contributed by atoms with Crippen LogP contribution in [0.1, 0.15) is 87.8 Å². The van der Waals surface area contributed by atoms with Crippen molar-refractivity contribution in [3.8, 4) is 17.2 Å². The second-order valence-corrected chi connectivity index (χ2v) is 10.8.